The molecule has 2 nitrogen and oxygen atoms in total. The number of ketones is 1. The molecule has 0 amide bonds. The number of ether oxygens (including phenoxy) is 1. The van der Waals surface area contributed by atoms with Crippen LogP contribution in [0.4, 0.5) is 0 Å². The molecule has 17 heavy (non-hydrogen) atoms. The third kappa shape index (κ3) is 5.14. The zero-order valence-electron chi connectivity index (χ0n) is 11.0. The zero-order chi connectivity index (χ0) is 12.7. The van der Waals surface area contributed by atoms with Gasteiger partial charge in [0.1, 0.15) is 6.61 Å². The molecule has 1 rings (SSSR count). The van der Waals surface area contributed by atoms with Crippen molar-refractivity contribution >= 4 is 5.78 Å². The lowest BCUT2D eigenvalue weighted by atomic mass is 10.1. The van der Waals surface area contributed by atoms with Gasteiger partial charge in [0.15, 0.2) is 5.78 Å². The summed E-state index contributed by atoms with van der Waals surface area (Å²) in [5, 5.41) is 0. The summed E-state index contributed by atoms with van der Waals surface area (Å²) in [4.78, 5) is 11.8. The Bertz CT molecular complexity index is 358. The number of carbonyl (C=O) groups is 1. The average molecular weight is 234 g/mol. The Kier molecular flexibility index (Phi) is 5.92. The van der Waals surface area contributed by atoms with Crippen molar-refractivity contribution in [2.75, 3.05) is 13.2 Å². The van der Waals surface area contributed by atoms with Gasteiger partial charge in [0.25, 0.3) is 0 Å². The quantitative estimate of drug-likeness (QED) is 0.673. The number of carbonyl (C=O) groups excluding carboxylic acids is 1. The standard InChI is InChI=1S/C15H22O2/c1-4-6-13(3)10-17-11-15(16)14-8-5-7-12(2)9-14/h5,7-9,13H,4,6,10-11H2,1-3H3. The van der Waals surface area contributed by atoms with Crippen molar-refractivity contribution < 1.29 is 9.53 Å². The van der Waals surface area contributed by atoms with Gasteiger partial charge in [0, 0.05) is 12.2 Å². The molecule has 1 atom stereocenters. The summed E-state index contributed by atoms with van der Waals surface area (Å²) in [7, 11) is 0. The lowest BCUT2D eigenvalue weighted by Gasteiger charge is -2.10. The van der Waals surface area contributed by atoms with Crippen molar-refractivity contribution in [3.8, 4) is 0 Å². The summed E-state index contributed by atoms with van der Waals surface area (Å²) in [5.41, 5.74) is 1.85. The maximum absolute atomic E-state index is 11.8. The van der Waals surface area contributed by atoms with Crippen molar-refractivity contribution in [2.45, 2.75) is 33.6 Å². The number of Topliss-reactive ketones (excluding diaryl/α,β-unsaturated/α-hetero) is 1. The van der Waals surface area contributed by atoms with Gasteiger partial charge in [0.05, 0.1) is 0 Å². The third-order valence-electron chi connectivity index (χ3n) is 2.76. The van der Waals surface area contributed by atoms with Gasteiger partial charge in [-0.05, 0) is 25.3 Å². The van der Waals surface area contributed by atoms with E-state index >= 15 is 0 Å². The number of hydrogen-bond acceptors (Lipinski definition) is 2. The monoisotopic (exact) mass is 234 g/mol. The predicted octanol–water partition coefficient (Wildman–Crippen LogP) is 3.63. The molecule has 0 spiro atoms. The van der Waals surface area contributed by atoms with Crippen molar-refractivity contribution in [3.05, 3.63) is 35.4 Å². The molecule has 0 aliphatic heterocycles. The van der Waals surface area contributed by atoms with Crippen molar-refractivity contribution in [1.82, 2.24) is 0 Å². The molecule has 0 bridgehead atoms. The van der Waals surface area contributed by atoms with Crippen LogP contribution in [-0.4, -0.2) is 19.0 Å². The highest BCUT2D eigenvalue weighted by Gasteiger charge is 2.07. The van der Waals surface area contributed by atoms with Crippen molar-refractivity contribution in [3.63, 3.8) is 0 Å². The molecule has 0 aliphatic rings. The summed E-state index contributed by atoms with van der Waals surface area (Å²) in [5.74, 6) is 0.600. The van der Waals surface area contributed by atoms with Gasteiger partial charge in [-0.3, -0.25) is 4.79 Å². The first kappa shape index (κ1) is 13.9. The Hall–Kier alpha value is -1.15. The van der Waals surface area contributed by atoms with Gasteiger partial charge >= 0.3 is 0 Å². The van der Waals surface area contributed by atoms with Crippen LogP contribution in [0.25, 0.3) is 0 Å². The average Bonchev–Trinajstić information content (AvgIpc) is 2.29. The lowest BCUT2D eigenvalue weighted by Crippen LogP contribution is -2.13. The van der Waals surface area contributed by atoms with Crippen molar-refractivity contribution in [1.29, 1.82) is 0 Å². The summed E-state index contributed by atoms with van der Waals surface area (Å²) >= 11 is 0. The molecule has 0 radical (unpaired) electrons. The molecule has 0 fully saturated rings. The smallest absolute Gasteiger partial charge is 0.188 e. The van der Waals surface area contributed by atoms with E-state index in [0.717, 1.165) is 24.0 Å². The van der Waals surface area contributed by atoms with Gasteiger partial charge < -0.3 is 4.74 Å². The highest BCUT2D eigenvalue weighted by Crippen LogP contribution is 2.07. The summed E-state index contributed by atoms with van der Waals surface area (Å²) < 4.78 is 5.45. The fourth-order valence-corrected chi connectivity index (χ4v) is 1.83. The van der Waals surface area contributed by atoms with E-state index in [1.54, 1.807) is 0 Å². The lowest BCUT2D eigenvalue weighted by molar-refractivity contribution is 0.0683. The third-order valence-corrected chi connectivity index (χ3v) is 2.76. The van der Waals surface area contributed by atoms with E-state index in [0.29, 0.717) is 12.5 Å². The predicted molar refractivity (Wildman–Crippen MR) is 70.4 cm³/mol. The van der Waals surface area contributed by atoms with E-state index in [2.05, 4.69) is 13.8 Å². The van der Waals surface area contributed by atoms with E-state index in [9.17, 15) is 4.79 Å². The maximum atomic E-state index is 11.8. The van der Waals surface area contributed by atoms with Crippen LogP contribution in [-0.2, 0) is 4.74 Å². The zero-order valence-corrected chi connectivity index (χ0v) is 11.0. The van der Waals surface area contributed by atoms with Crippen LogP contribution in [0.15, 0.2) is 24.3 Å². The molecule has 0 saturated carbocycles. The van der Waals surface area contributed by atoms with Gasteiger partial charge in [-0.2, -0.15) is 0 Å². The Labute approximate surface area is 104 Å². The minimum Gasteiger partial charge on any atom is -0.373 e. The minimum absolute atomic E-state index is 0.0670. The van der Waals surface area contributed by atoms with Crippen LogP contribution in [0.1, 0.15) is 42.6 Å². The molecule has 1 aromatic rings. The van der Waals surface area contributed by atoms with Crippen LogP contribution in [0.2, 0.25) is 0 Å². The van der Waals surface area contributed by atoms with E-state index < -0.39 is 0 Å². The number of benzene rings is 1. The molecule has 0 heterocycles. The molecular formula is C15H22O2. The molecule has 0 saturated heterocycles. The molecule has 1 aromatic carbocycles. The van der Waals surface area contributed by atoms with Crippen LogP contribution in [0, 0.1) is 12.8 Å². The van der Waals surface area contributed by atoms with Crippen LogP contribution < -0.4 is 0 Å². The SMILES string of the molecule is CCCC(C)COCC(=O)c1cccc(C)c1. The Morgan fingerprint density at radius 1 is 1.41 bits per heavy atom. The fraction of sp³-hybridized carbons (Fsp3) is 0.533. The Morgan fingerprint density at radius 3 is 2.82 bits per heavy atom. The molecule has 2 heteroatoms. The molecule has 94 valence electrons. The molecule has 0 aliphatic carbocycles. The van der Waals surface area contributed by atoms with E-state index in [1.165, 1.54) is 0 Å². The second kappa shape index (κ2) is 7.23. The first-order valence-electron chi connectivity index (χ1n) is 6.31. The summed E-state index contributed by atoms with van der Waals surface area (Å²) in [6.07, 6.45) is 2.31. The Balaban J connectivity index is 2.35. The number of aryl methyl sites for hydroxylation is 1. The first-order chi connectivity index (χ1) is 8.13. The number of hydrogen-bond donors (Lipinski definition) is 0. The van der Waals surface area contributed by atoms with Crippen LogP contribution in [0.5, 0.6) is 0 Å². The second-order valence-electron chi connectivity index (χ2n) is 4.70. The summed E-state index contributed by atoms with van der Waals surface area (Å²) in [6, 6.07) is 7.64. The number of rotatable bonds is 7. The fourth-order valence-electron chi connectivity index (χ4n) is 1.83. The van der Waals surface area contributed by atoms with Gasteiger partial charge in [0.2, 0.25) is 0 Å². The highest BCUT2D eigenvalue weighted by molar-refractivity contribution is 5.97. The van der Waals surface area contributed by atoms with Gasteiger partial charge in [-0.15, -0.1) is 0 Å². The van der Waals surface area contributed by atoms with E-state index in [-0.39, 0.29) is 12.4 Å². The van der Waals surface area contributed by atoms with Crippen molar-refractivity contribution in [2.24, 2.45) is 5.92 Å². The maximum Gasteiger partial charge on any atom is 0.188 e. The van der Waals surface area contributed by atoms with Gasteiger partial charge in [-0.25, -0.2) is 0 Å². The van der Waals surface area contributed by atoms with Crippen LogP contribution in [0.3, 0.4) is 0 Å². The highest BCUT2D eigenvalue weighted by atomic mass is 16.5. The van der Waals surface area contributed by atoms with E-state index in [4.69, 9.17) is 4.74 Å². The second-order valence-corrected chi connectivity index (χ2v) is 4.70. The van der Waals surface area contributed by atoms with E-state index in [1.807, 2.05) is 31.2 Å². The topological polar surface area (TPSA) is 26.3 Å². The molecule has 0 N–H and O–H groups in total. The molecule has 0 aromatic heterocycles. The molecule has 1 unspecified atom stereocenters. The van der Waals surface area contributed by atoms with Crippen LogP contribution >= 0.6 is 0 Å². The normalized spacial score (nSPS) is 12.4. The minimum atomic E-state index is 0.0670. The Morgan fingerprint density at radius 2 is 2.18 bits per heavy atom. The first-order valence-corrected chi connectivity index (χ1v) is 6.31. The summed E-state index contributed by atoms with van der Waals surface area (Å²) in [6.45, 7) is 7.17. The van der Waals surface area contributed by atoms with Gasteiger partial charge in [-0.1, -0.05) is 44.0 Å². The molecular weight excluding hydrogens is 212 g/mol. The largest absolute Gasteiger partial charge is 0.373 e.